The van der Waals surface area contributed by atoms with Gasteiger partial charge in [0.15, 0.2) is 5.78 Å². The van der Waals surface area contributed by atoms with Gasteiger partial charge in [0, 0.05) is 36.7 Å². The van der Waals surface area contributed by atoms with Crippen LogP contribution in [-0.4, -0.2) is 39.6 Å². The van der Waals surface area contributed by atoms with Crippen molar-refractivity contribution in [1.82, 2.24) is 14.9 Å². The molecule has 2 aromatic rings. The van der Waals surface area contributed by atoms with Gasteiger partial charge in [-0.15, -0.1) is 0 Å². The van der Waals surface area contributed by atoms with E-state index in [1.165, 1.54) is 13.3 Å². The summed E-state index contributed by atoms with van der Waals surface area (Å²) in [7, 11) is 0. The van der Waals surface area contributed by atoms with Crippen LogP contribution in [0.4, 0.5) is 11.6 Å². The Kier molecular flexibility index (Phi) is 4.84. The fraction of sp³-hybridized carbons (Fsp3) is 0.333. The van der Waals surface area contributed by atoms with Crippen molar-refractivity contribution in [1.29, 1.82) is 0 Å². The molecule has 0 saturated carbocycles. The molecule has 1 amide bonds. The molecule has 1 saturated heterocycles. The first-order chi connectivity index (χ1) is 11.6. The Morgan fingerprint density at radius 1 is 1.04 bits per heavy atom. The maximum Gasteiger partial charge on any atom is 0.256 e. The van der Waals surface area contributed by atoms with Crippen molar-refractivity contribution in [3.8, 4) is 0 Å². The van der Waals surface area contributed by atoms with Gasteiger partial charge in [0.05, 0.1) is 5.56 Å². The molecule has 124 valence electrons. The molecule has 1 aliphatic heterocycles. The van der Waals surface area contributed by atoms with Gasteiger partial charge in [0.25, 0.3) is 5.91 Å². The minimum atomic E-state index is -0.0140. The lowest BCUT2D eigenvalue weighted by Crippen LogP contribution is -2.35. The Morgan fingerprint density at radius 3 is 2.42 bits per heavy atom. The average Bonchev–Trinajstić information content (AvgIpc) is 2.63. The minimum absolute atomic E-state index is 0.00189. The Labute approximate surface area is 140 Å². The van der Waals surface area contributed by atoms with Gasteiger partial charge in [-0.25, -0.2) is 9.97 Å². The molecule has 6 heteroatoms. The largest absolute Gasteiger partial charge is 0.339 e. The zero-order chi connectivity index (χ0) is 16.9. The fourth-order valence-electron chi connectivity index (χ4n) is 2.73. The molecule has 1 aliphatic rings. The summed E-state index contributed by atoms with van der Waals surface area (Å²) in [5.41, 5.74) is 1.86. The molecule has 0 spiro atoms. The monoisotopic (exact) mass is 324 g/mol. The SMILES string of the molecule is CC(=O)c1cccc(Nc2ncc(C(=O)N3CCCCC3)cn2)c1. The van der Waals surface area contributed by atoms with E-state index in [-0.39, 0.29) is 11.7 Å². The van der Waals surface area contributed by atoms with E-state index >= 15 is 0 Å². The number of benzene rings is 1. The van der Waals surface area contributed by atoms with Gasteiger partial charge < -0.3 is 10.2 Å². The number of hydrogen-bond donors (Lipinski definition) is 1. The van der Waals surface area contributed by atoms with Crippen molar-refractivity contribution in [2.24, 2.45) is 0 Å². The third-order valence-corrected chi connectivity index (χ3v) is 4.07. The van der Waals surface area contributed by atoms with Gasteiger partial charge in [-0.05, 0) is 38.3 Å². The summed E-state index contributed by atoms with van der Waals surface area (Å²) in [5.74, 6) is 0.382. The number of likely N-dealkylation sites (tertiary alicyclic amines) is 1. The Bertz CT molecular complexity index is 737. The van der Waals surface area contributed by atoms with E-state index in [0.717, 1.165) is 31.6 Å². The van der Waals surface area contributed by atoms with Gasteiger partial charge in [-0.3, -0.25) is 9.59 Å². The van der Waals surface area contributed by atoms with Crippen molar-refractivity contribution in [2.45, 2.75) is 26.2 Å². The number of aromatic nitrogens is 2. The van der Waals surface area contributed by atoms with Crippen LogP contribution < -0.4 is 5.32 Å². The number of amides is 1. The second-order valence-electron chi connectivity index (χ2n) is 5.91. The maximum absolute atomic E-state index is 12.4. The number of nitrogens with one attached hydrogen (secondary N) is 1. The summed E-state index contributed by atoms with van der Waals surface area (Å²) in [4.78, 5) is 34.1. The molecule has 0 bridgehead atoms. The summed E-state index contributed by atoms with van der Waals surface area (Å²) < 4.78 is 0. The van der Waals surface area contributed by atoms with Gasteiger partial charge >= 0.3 is 0 Å². The predicted molar refractivity (Wildman–Crippen MR) is 91.5 cm³/mol. The highest BCUT2D eigenvalue weighted by Crippen LogP contribution is 2.16. The number of nitrogens with zero attached hydrogens (tertiary/aromatic N) is 3. The number of ketones is 1. The summed E-state index contributed by atoms with van der Waals surface area (Å²) in [6.07, 6.45) is 6.38. The summed E-state index contributed by atoms with van der Waals surface area (Å²) in [6.45, 7) is 3.13. The second kappa shape index (κ2) is 7.21. The lowest BCUT2D eigenvalue weighted by atomic mass is 10.1. The quantitative estimate of drug-likeness (QED) is 0.875. The molecular formula is C18H20N4O2. The highest BCUT2D eigenvalue weighted by Gasteiger charge is 2.18. The van der Waals surface area contributed by atoms with E-state index in [4.69, 9.17) is 0 Å². The lowest BCUT2D eigenvalue weighted by Gasteiger charge is -2.26. The highest BCUT2D eigenvalue weighted by atomic mass is 16.2. The lowest BCUT2D eigenvalue weighted by molar-refractivity contribution is 0.0723. The summed E-state index contributed by atoms with van der Waals surface area (Å²) in [6, 6.07) is 7.14. The van der Waals surface area contributed by atoms with Crippen LogP contribution in [0.3, 0.4) is 0 Å². The van der Waals surface area contributed by atoms with E-state index in [0.29, 0.717) is 17.1 Å². The number of piperidine rings is 1. The fourth-order valence-corrected chi connectivity index (χ4v) is 2.73. The number of rotatable bonds is 4. The first kappa shape index (κ1) is 16.1. The van der Waals surface area contributed by atoms with E-state index in [2.05, 4.69) is 15.3 Å². The Balaban J connectivity index is 1.69. The normalized spacial score (nSPS) is 14.3. The molecule has 3 rings (SSSR count). The zero-order valence-corrected chi connectivity index (χ0v) is 13.7. The third-order valence-electron chi connectivity index (χ3n) is 4.07. The van der Waals surface area contributed by atoms with Crippen LogP contribution in [-0.2, 0) is 0 Å². The standard InChI is InChI=1S/C18H20N4O2/c1-13(23)14-6-5-7-16(10-14)21-18-19-11-15(12-20-18)17(24)22-8-3-2-4-9-22/h5-7,10-12H,2-4,8-9H2,1H3,(H,19,20,21). The van der Waals surface area contributed by atoms with Gasteiger partial charge in [0.1, 0.15) is 0 Å². The molecule has 0 aliphatic carbocycles. The molecule has 0 radical (unpaired) electrons. The molecule has 24 heavy (non-hydrogen) atoms. The molecule has 0 atom stereocenters. The van der Waals surface area contributed by atoms with Crippen molar-refractivity contribution < 1.29 is 9.59 Å². The molecule has 0 unspecified atom stereocenters. The maximum atomic E-state index is 12.4. The van der Waals surface area contributed by atoms with Crippen molar-refractivity contribution in [2.75, 3.05) is 18.4 Å². The van der Waals surface area contributed by atoms with Crippen LogP contribution in [0.5, 0.6) is 0 Å². The number of hydrogen-bond acceptors (Lipinski definition) is 5. The Hall–Kier alpha value is -2.76. The number of Topliss-reactive ketones (excluding diaryl/α,β-unsaturated/α-hetero) is 1. The summed E-state index contributed by atoms with van der Waals surface area (Å²) >= 11 is 0. The number of carbonyl (C=O) groups excluding carboxylic acids is 2. The van der Waals surface area contributed by atoms with Crippen molar-refractivity contribution >= 4 is 23.3 Å². The first-order valence-electron chi connectivity index (χ1n) is 8.13. The van der Waals surface area contributed by atoms with Gasteiger partial charge in [0.2, 0.25) is 5.95 Å². The molecule has 1 N–H and O–H groups in total. The molecule has 1 fully saturated rings. The smallest absolute Gasteiger partial charge is 0.256 e. The van der Waals surface area contributed by atoms with Crippen LogP contribution in [0.2, 0.25) is 0 Å². The summed E-state index contributed by atoms with van der Waals surface area (Å²) in [5, 5.41) is 3.05. The Morgan fingerprint density at radius 2 is 1.75 bits per heavy atom. The third kappa shape index (κ3) is 3.76. The molecule has 1 aromatic carbocycles. The second-order valence-corrected chi connectivity index (χ2v) is 5.91. The molecule has 1 aromatic heterocycles. The van der Waals surface area contributed by atoms with Gasteiger partial charge in [-0.2, -0.15) is 0 Å². The van der Waals surface area contributed by atoms with Gasteiger partial charge in [-0.1, -0.05) is 12.1 Å². The molecular weight excluding hydrogens is 304 g/mol. The number of carbonyl (C=O) groups is 2. The van der Waals surface area contributed by atoms with Crippen LogP contribution >= 0.6 is 0 Å². The van der Waals surface area contributed by atoms with E-state index in [1.807, 2.05) is 11.0 Å². The van der Waals surface area contributed by atoms with E-state index in [9.17, 15) is 9.59 Å². The van der Waals surface area contributed by atoms with Crippen LogP contribution in [0.1, 0.15) is 46.9 Å². The zero-order valence-electron chi connectivity index (χ0n) is 13.7. The topological polar surface area (TPSA) is 75.2 Å². The van der Waals surface area contributed by atoms with Crippen LogP contribution in [0.25, 0.3) is 0 Å². The average molecular weight is 324 g/mol. The van der Waals surface area contributed by atoms with Crippen molar-refractivity contribution in [3.05, 3.63) is 47.8 Å². The van der Waals surface area contributed by atoms with Crippen molar-refractivity contribution in [3.63, 3.8) is 0 Å². The number of anilines is 2. The first-order valence-corrected chi connectivity index (χ1v) is 8.13. The van der Waals surface area contributed by atoms with E-state index in [1.54, 1.807) is 30.6 Å². The predicted octanol–water partition coefficient (Wildman–Crippen LogP) is 3.05. The minimum Gasteiger partial charge on any atom is -0.339 e. The molecule has 6 nitrogen and oxygen atoms in total. The van der Waals surface area contributed by atoms with Crippen LogP contribution in [0.15, 0.2) is 36.7 Å². The molecule has 2 heterocycles. The highest BCUT2D eigenvalue weighted by molar-refractivity contribution is 5.95. The van der Waals surface area contributed by atoms with Crippen LogP contribution in [0, 0.1) is 0 Å². The van der Waals surface area contributed by atoms with E-state index < -0.39 is 0 Å².